The number of carboxylic acid groups (broad SMARTS) is 1. The summed E-state index contributed by atoms with van der Waals surface area (Å²) in [5.74, 6) is -1.53. The van der Waals surface area contributed by atoms with Crippen LogP contribution in [-0.4, -0.2) is 51.8 Å². The number of carbonyl (C=O) groups is 3. The Kier molecular flexibility index (Phi) is 3.40. The Morgan fingerprint density at radius 1 is 1.38 bits per heavy atom. The van der Waals surface area contributed by atoms with Crippen molar-refractivity contribution >= 4 is 17.8 Å². The highest BCUT2D eigenvalue weighted by Crippen LogP contribution is 2.25. The lowest BCUT2D eigenvalue weighted by Crippen LogP contribution is -2.60. The zero-order valence-electron chi connectivity index (χ0n) is 11.4. The van der Waals surface area contributed by atoms with E-state index in [1.54, 1.807) is 4.90 Å². The Balaban J connectivity index is 1.79. The molecule has 0 aromatic carbocycles. The van der Waals surface area contributed by atoms with Crippen LogP contribution in [0.25, 0.3) is 0 Å². The van der Waals surface area contributed by atoms with E-state index in [0.717, 1.165) is 12.8 Å². The molecule has 112 valence electrons. The fraction of sp³-hybridized carbons (Fsp3) is 0.500. The molecule has 1 atom stereocenters. The first-order valence-electron chi connectivity index (χ1n) is 6.96. The molecule has 1 N–H and O–H groups in total. The van der Waals surface area contributed by atoms with E-state index in [4.69, 9.17) is 9.52 Å². The van der Waals surface area contributed by atoms with Gasteiger partial charge in [-0.3, -0.25) is 9.59 Å². The van der Waals surface area contributed by atoms with Crippen LogP contribution in [0, 0.1) is 0 Å². The second-order valence-electron chi connectivity index (χ2n) is 5.37. The fourth-order valence-electron chi connectivity index (χ4n) is 3.02. The van der Waals surface area contributed by atoms with Crippen LogP contribution in [0.5, 0.6) is 0 Å². The summed E-state index contributed by atoms with van der Waals surface area (Å²) in [5, 5.41) is 9.02. The van der Waals surface area contributed by atoms with E-state index < -0.39 is 5.97 Å². The first-order valence-corrected chi connectivity index (χ1v) is 6.96. The average molecular weight is 292 g/mol. The Hall–Kier alpha value is -2.31. The van der Waals surface area contributed by atoms with E-state index in [1.807, 2.05) is 0 Å². The van der Waals surface area contributed by atoms with Crippen molar-refractivity contribution in [2.24, 2.45) is 0 Å². The minimum atomic E-state index is -1.18. The van der Waals surface area contributed by atoms with Gasteiger partial charge in [0.25, 0.3) is 0 Å². The Morgan fingerprint density at radius 2 is 2.19 bits per heavy atom. The lowest BCUT2D eigenvalue weighted by atomic mass is 9.98. The van der Waals surface area contributed by atoms with Crippen LogP contribution in [0.2, 0.25) is 0 Å². The predicted molar refractivity (Wildman–Crippen MR) is 70.4 cm³/mol. The van der Waals surface area contributed by atoms with Crippen LogP contribution >= 0.6 is 0 Å². The summed E-state index contributed by atoms with van der Waals surface area (Å²) in [6.07, 6.45) is 3.82. The number of aromatic carboxylic acids is 1. The molecule has 2 aliphatic rings. The summed E-state index contributed by atoms with van der Waals surface area (Å²) >= 11 is 0. The van der Waals surface area contributed by atoms with E-state index in [9.17, 15) is 14.4 Å². The van der Waals surface area contributed by atoms with Crippen LogP contribution in [0.3, 0.4) is 0 Å². The van der Waals surface area contributed by atoms with Gasteiger partial charge in [-0.25, -0.2) is 4.79 Å². The number of nitrogens with zero attached hydrogens (tertiary/aromatic N) is 2. The van der Waals surface area contributed by atoms with Gasteiger partial charge < -0.3 is 19.3 Å². The smallest absolute Gasteiger partial charge is 0.372 e. The minimum absolute atomic E-state index is 0.000424. The lowest BCUT2D eigenvalue weighted by molar-refractivity contribution is -0.158. The summed E-state index contributed by atoms with van der Waals surface area (Å²) in [6, 6.07) is 1.13. The van der Waals surface area contributed by atoms with Gasteiger partial charge in [-0.05, 0) is 25.3 Å². The highest BCUT2D eigenvalue weighted by atomic mass is 16.4. The van der Waals surface area contributed by atoms with Crippen molar-refractivity contribution in [1.29, 1.82) is 0 Å². The molecule has 1 aromatic rings. The molecule has 0 spiro atoms. The molecule has 0 aliphatic carbocycles. The predicted octanol–water partition coefficient (Wildman–Crippen LogP) is 0.701. The maximum atomic E-state index is 12.5. The van der Waals surface area contributed by atoms with Crippen LogP contribution in [0.4, 0.5) is 0 Å². The number of carboxylic acids is 1. The van der Waals surface area contributed by atoms with E-state index in [-0.39, 0.29) is 36.7 Å². The first kappa shape index (κ1) is 13.7. The molecular weight excluding hydrogens is 276 g/mol. The third-order valence-electron chi connectivity index (χ3n) is 4.05. The Labute approximate surface area is 121 Å². The number of hydrogen-bond donors (Lipinski definition) is 1. The molecule has 21 heavy (non-hydrogen) atoms. The lowest BCUT2D eigenvalue weighted by Gasteiger charge is -2.42. The van der Waals surface area contributed by atoms with Gasteiger partial charge in [-0.2, -0.15) is 0 Å². The van der Waals surface area contributed by atoms with Crippen molar-refractivity contribution < 1.29 is 23.9 Å². The highest BCUT2D eigenvalue weighted by Gasteiger charge is 2.40. The molecule has 7 nitrogen and oxygen atoms in total. The second kappa shape index (κ2) is 5.23. The summed E-state index contributed by atoms with van der Waals surface area (Å²) in [6.45, 7) is 0.724. The maximum absolute atomic E-state index is 12.5. The number of furan rings is 1. The van der Waals surface area contributed by atoms with Crippen LogP contribution < -0.4 is 0 Å². The first-order chi connectivity index (χ1) is 10.1. The zero-order chi connectivity index (χ0) is 15.0. The molecule has 0 bridgehead atoms. The normalized spacial score (nSPS) is 22.4. The van der Waals surface area contributed by atoms with Gasteiger partial charge in [0.2, 0.25) is 17.6 Å². The highest BCUT2D eigenvalue weighted by molar-refractivity contribution is 5.95. The van der Waals surface area contributed by atoms with Crippen molar-refractivity contribution in [3.63, 3.8) is 0 Å². The van der Waals surface area contributed by atoms with Crippen LogP contribution in [-0.2, 0) is 16.1 Å². The maximum Gasteiger partial charge on any atom is 0.372 e. The Morgan fingerprint density at radius 3 is 2.95 bits per heavy atom. The molecule has 3 heterocycles. The van der Waals surface area contributed by atoms with E-state index in [0.29, 0.717) is 18.5 Å². The molecular formula is C14H16N2O5. The summed E-state index contributed by atoms with van der Waals surface area (Å²) in [7, 11) is 0. The second-order valence-corrected chi connectivity index (χ2v) is 5.37. The molecule has 2 aliphatic heterocycles. The van der Waals surface area contributed by atoms with Gasteiger partial charge in [0.15, 0.2) is 0 Å². The van der Waals surface area contributed by atoms with Gasteiger partial charge in [0.05, 0.1) is 12.8 Å². The molecule has 2 fully saturated rings. The SMILES string of the molecule is O=C(O)c1occc1CN1CC(=O)N2CCCCC2C1=O. The van der Waals surface area contributed by atoms with Crippen LogP contribution in [0.1, 0.15) is 35.4 Å². The molecule has 2 saturated heterocycles. The van der Waals surface area contributed by atoms with Gasteiger partial charge in [0, 0.05) is 12.1 Å². The van der Waals surface area contributed by atoms with Gasteiger partial charge in [0.1, 0.15) is 12.6 Å². The minimum Gasteiger partial charge on any atom is -0.475 e. The molecule has 3 rings (SSSR count). The Bertz CT molecular complexity index is 594. The van der Waals surface area contributed by atoms with Crippen molar-refractivity contribution in [2.45, 2.75) is 31.8 Å². The monoisotopic (exact) mass is 292 g/mol. The van der Waals surface area contributed by atoms with Gasteiger partial charge >= 0.3 is 5.97 Å². The van der Waals surface area contributed by atoms with Crippen molar-refractivity contribution in [2.75, 3.05) is 13.1 Å². The molecule has 7 heteroatoms. The summed E-state index contributed by atoms with van der Waals surface area (Å²) in [4.78, 5) is 38.7. The summed E-state index contributed by atoms with van der Waals surface area (Å²) in [5.41, 5.74) is 0.410. The third-order valence-corrected chi connectivity index (χ3v) is 4.05. The number of fused-ring (bicyclic) bond motifs is 1. The number of hydrogen-bond acceptors (Lipinski definition) is 4. The topological polar surface area (TPSA) is 91.1 Å². The molecule has 0 radical (unpaired) electrons. The van der Waals surface area contributed by atoms with Crippen molar-refractivity contribution in [3.8, 4) is 0 Å². The molecule has 1 aromatic heterocycles. The van der Waals surface area contributed by atoms with E-state index >= 15 is 0 Å². The van der Waals surface area contributed by atoms with Gasteiger partial charge in [-0.15, -0.1) is 0 Å². The number of piperazine rings is 1. The fourth-order valence-corrected chi connectivity index (χ4v) is 3.02. The number of piperidine rings is 1. The molecule has 0 saturated carbocycles. The quantitative estimate of drug-likeness (QED) is 0.885. The van der Waals surface area contributed by atoms with Gasteiger partial charge in [-0.1, -0.05) is 0 Å². The largest absolute Gasteiger partial charge is 0.475 e. The van der Waals surface area contributed by atoms with Crippen molar-refractivity contribution in [1.82, 2.24) is 9.80 Å². The van der Waals surface area contributed by atoms with E-state index in [1.165, 1.54) is 17.2 Å². The molecule has 2 amide bonds. The zero-order valence-corrected chi connectivity index (χ0v) is 11.4. The van der Waals surface area contributed by atoms with E-state index in [2.05, 4.69) is 0 Å². The van der Waals surface area contributed by atoms with Crippen LogP contribution in [0.15, 0.2) is 16.7 Å². The van der Waals surface area contributed by atoms with Crippen molar-refractivity contribution in [3.05, 3.63) is 23.7 Å². The standard InChI is InChI=1S/C14H16N2O5/c17-11-8-15(7-9-4-6-21-12(9)14(19)20)13(18)10-3-1-2-5-16(10)11/h4,6,10H,1-3,5,7-8H2,(H,19,20). The number of amides is 2. The summed E-state index contributed by atoms with van der Waals surface area (Å²) < 4.78 is 4.90. The number of rotatable bonds is 3. The average Bonchev–Trinajstić information content (AvgIpc) is 2.93. The molecule has 1 unspecified atom stereocenters. The number of carbonyl (C=O) groups excluding carboxylic acids is 2. The third kappa shape index (κ3) is 2.39.